The molecule has 0 radical (unpaired) electrons. The summed E-state index contributed by atoms with van der Waals surface area (Å²) in [6.45, 7) is 3.31. The van der Waals surface area contributed by atoms with Gasteiger partial charge in [0.2, 0.25) is 5.91 Å². The van der Waals surface area contributed by atoms with E-state index in [4.69, 9.17) is 0 Å². The van der Waals surface area contributed by atoms with Crippen LogP contribution in [0.5, 0.6) is 0 Å². The van der Waals surface area contributed by atoms with Crippen molar-refractivity contribution in [3.05, 3.63) is 36.5 Å². The van der Waals surface area contributed by atoms with E-state index in [1.165, 1.54) is 0 Å². The Hall–Kier alpha value is -2.96. The Morgan fingerprint density at radius 1 is 1.25 bits per heavy atom. The van der Waals surface area contributed by atoms with Crippen molar-refractivity contribution in [2.45, 2.75) is 25.8 Å². The van der Waals surface area contributed by atoms with Crippen molar-refractivity contribution in [2.75, 3.05) is 11.9 Å². The molecule has 3 rings (SSSR count). The van der Waals surface area contributed by atoms with E-state index >= 15 is 0 Å². The Morgan fingerprint density at radius 2 is 2.00 bits per heavy atom. The van der Waals surface area contributed by atoms with Crippen LogP contribution in [-0.2, 0) is 9.59 Å². The first-order valence-corrected chi connectivity index (χ1v) is 7.66. The standard InChI is InChI=1S/C17H18N4O3/c1-17(2)15(23)21(16(24)20-17)10-8-13(22)19-12-7-3-5-11-6-4-9-18-14(11)12/h3-7,9H,8,10H2,1-2H3,(H,19,22)(H,20,24). The third-order valence-electron chi connectivity index (χ3n) is 3.91. The lowest BCUT2D eigenvalue weighted by Gasteiger charge is -2.15. The van der Waals surface area contributed by atoms with E-state index in [-0.39, 0.29) is 24.8 Å². The molecule has 0 bridgehead atoms. The van der Waals surface area contributed by atoms with Crippen LogP contribution in [-0.4, -0.2) is 39.8 Å². The highest BCUT2D eigenvalue weighted by Crippen LogP contribution is 2.21. The molecule has 4 amide bonds. The number of para-hydroxylation sites is 1. The van der Waals surface area contributed by atoms with Gasteiger partial charge in [0.25, 0.3) is 5.91 Å². The van der Waals surface area contributed by atoms with Crippen LogP contribution in [0.4, 0.5) is 10.5 Å². The van der Waals surface area contributed by atoms with Gasteiger partial charge in [-0.15, -0.1) is 0 Å². The third-order valence-corrected chi connectivity index (χ3v) is 3.91. The summed E-state index contributed by atoms with van der Waals surface area (Å²) in [6.07, 6.45) is 1.69. The molecule has 0 unspecified atom stereocenters. The van der Waals surface area contributed by atoms with Crippen molar-refractivity contribution in [3.63, 3.8) is 0 Å². The minimum atomic E-state index is -0.924. The van der Waals surface area contributed by atoms with Crippen LogP contribution in [0.25, 0.3) is 10.9 Å². The van der Waals surface area contributed by atoms with Crippen molar-refractivity contribution in [3.8, 4) is 0 Å². The number of hydrogen-bond acceptors (Lipinski definition) is 4. The number of hydrogen-bond donors (Lipinski definition) is 2. The summed E-state index contributed by atoms with van der Waals surface area (Å²) in [5.74, 6) is -0.606. The number of benzene rings is 1. The number of aromatic nitrogens is 1. The van der Waals surface area contributed by atoms with Crippen LogP contribution in [0, 0.1) is 0 Å². The van der Waals surface area contributed by atoms with Gasteiger partial charge in [0, 0.05) is 24.5 Å². The molecule has 2 heterocycles. The summed E-state index contributed by atoms with van der Waals surface area (Å²) in [7, 11) is 0. The highest BCUT2D eigenvalue weighted by atomic mass is 16.2. The Kier molecular flexibility index (Phi) is 3.92. The lowest BCUT2D eigenvalue weighted by atomic mass is 10.1. The van der Waals surface area contributed by atoms with Gasteiger partial charge in [0.15, 0.2) is 0 Å². The zero-order valence-corrected chi connectivity index (χ0v) is 13.5. The van der Waals surface area contributed by atoms with Crippen LogP contribution in [0.3, 0.4) is 0 Å². The van der Waals surface area contributed by atoms with Crippen molar-refractivity contribution in [2.24, 2.45) is 0 Å². The van der Waals surface area contributed by atoms with Gasteiger partial charge in [-0.25, -0.2) is 4.79 Å². The largest absolute Gasteiger partial charge is 0.325 e. The molecule has 124 valence electrons. The number of carbonyl (C=O) groups excluding carboxylic acids is 3. The number of carbonyl (C=O) groups is 3. The number of pyridine rings is 1. The zero-order chi connectivity index (χ0) is 17.3. The lowest BCUT2D eigenvalue weighted by molar-refractivity contribution is -0.130. The maximum atomic E-state index is 12.2. The minimum absolute atomic E-state index is 0.0263. The van der Waals surface area contributed by atoms with Crippen molar-refractivity contribution >= 4 is 34.4 Å². The fourth-order valence-corrected chi connectivity index (χ4v) is 2.65. The molecule has 1 aromatic heterocycles. The molecule has 1 aliphatic heterocycles. The first-order valence-electron chi connectivity index (χ1n) is 7.66. The van der Waals surface area contributed by atoms with Crippen LogP contribution in [0.15, 0.2) is 36.5 Å². The van der Waals surface area contributed by atoms with E-state index in [1.54, 1.807) is 26.1 Å². The van der Waals surface area contributed by atoms with Crippen LogP contribution in [0.2, 0.25) is 0 Å². The summed E-state index contributed by atoms with van der Waals surface area (Å²) in [6, 6.07) is 8.78. The number of rotatable bonds is 4. The van der Waals surface area contributed by atoms with Gasteiger partial charge in [-0.3, -0.25) is 19.5 Å². The fourth-order valence-electron chi connectivity index (χ4n) is 2.65. The maximum absolute atomic E-state index is 12.2. The highest BCUT2D eigenvalue weighted by Gasteiger charge is 2.43. The quantitative estimate of drug-likeness (QED) is 0.839. The minimum Gasteiger partial charge on any atom is -0.324 e. The first-order chi connectivity index (χ1) is 11.4. The van der Waals surface area contributed by atoms with Gasteiger partial charge in [-0.1, -0.05) is 18.2 Å². The van der Waals surface area contributed by atoms with Crippen LogP contribution < -0.4 is 10.6 Å². The number of amides is 4. The summed E-state index contributed by atoms with van der Waals surface area (Å²) in [5, 5.41) is 6.30. The summed E-state index contributed by atoms with van der Waals surface area (Å²) in [4.78, 5) is 41.4. The highest BCUT2D eigenvalue weighted by molar-refractivity contribution is 6.07. The topological polar surface area (TPSA) is 91.4 Å². The molecular weight excluding hydrogens is 308 g/mol. The van der Waals surface area contributed by atoms with E-state index in [0.29, 0.717) is 11.2 Å². The Labute approximate surface area is 139 Å². The molecule has 2 aromatic rings. The average molecular weight is 326 g/mol. The predicted molar refractivity (Wildman–Crippen MR) is 89.3 cm³/mol. The monoisotopic (exact) mass is 326 g/mol. The maximum Gasteiger partial charge on any atom is 0.325 e. The summed E-state index contributed by atoms with van der Waals surface area (Å²) < 4.78 is 0. The molecule has 1 fully saturated rings. The van der Waals surface area contributed by atoms with Crippen LogP contribution in [0.1, 0.15) is 20.3 Å². The predicted octanol–water partition coefficient (Wildman–Crippen LogP) is 1.89. The first kappa shape index (κ1) is 15.9. The van der Waals surface area contributed by atoms with E-state index in [1.807, 2.05) is 24.3 Å². The number of urea groups is 1. The lowest BCUT2D eigenvalue weighted by Crippen LogP contribution is -2.40. The normalized spacial score (nSPS) is 16.3. The van der Waals surface area contributed by atoms with Gasteiger partial charge >= 0.3 is 6.03 Å². The SMILES string of the molecule is CC1(C)NC(=O)N(CCC(=O)Nc2cccc3cccnc23)C1=O. The molecule has 1 saturated heterocycles. The van der Waals surface area contributed by atoms with Gasteiger partial charge in [0.05, 0.1) is 11.2 Å². The molecule has 7 heteroatoms. The Morgan fingerprint density at radius 3 is 2.71 bits per heavy atom. The molecule has 0 atom stereocenters. The van der Waals surface area contributed by atoms with E-state index in [0.717, 1.165) is 10.3 Å². The van der Waals surface area contributed by atoms with Crippen molar-refractivity contribution in [1.82, 2.24) is 15.2 Å². The van der Waals surface area contributed by atoms with E-state index < -0.39 is 11.6 Å². The molecule has 1 aromatic carbocycles. The smallest absolute Gasteiger partial charge is 0.324 e. The van der Waals surface area contributed by atoms with E-state index in [2.05, 4.69) is 15.6 Å². The number of nitrogens with zero attached hydrogens (tertiary/aromatic N) is 2. The Balaban J connectivity index is 1.66. The molecular formula is C17H18N4O3. The third kappa shape index (κ3) is 2.92. The zero-order valence-electron chi connectivity index (χ0n) is 13.5. The average Bonchev–Trinajstić information content (AvgIpc) is 2.74. The van der Waals surface area contributed by atoms with Crippen molar-refractivity contribution in [1.29, 1.82) is 0 Å². The number of imide groups is 1. The number of anilines is 1. The van der Waals surface area contributed by atoms with Gasteiger partial charge in [-0.05, 0) is 26.0 Å². The van der Waals surface area contributed by atoms with Crippen LogP contribution >= 0.6 is 0 Å². The molecule has 7 nitrogen and oxygen atoms in total. The molecule has 2 N–H and O–H groups in total. The van der Waals surface area contributed by atoms with Gasteiger partial charge in [-0.2, -0.15) is 0 Å². The van der Waals surface area contributed by atoms with Crippen molar-refractivity contribution < 1.29 is 14.4 Å². The fraction of sp³-hybridized carbons (Fsp3) is 0.294. The van der Waals surface area contributed by atoms with Gasteiger partial charge in [0.1, 0.15) is 5.54 Å². The molecule has 24 heavy (non-hydrogen) atoms. The second-order valence-corrected chi connectivity index (χ2v) is 6.19. The molecule has 0 saturated carbocycles. The second-order valence-electron chi connectivity index (χ2n) is 6.19. The molecule has 0 spiro atoms. The number of nitrogens with one attached hydrogen (secondary N) is 2. The molecule has 1 aliphatic rings. The summed E-state index contributed by atoms with van der Waals surface area (Å²) in [5.41, 5.74) is 0.382. The second kappa shape index (κ2) is 5.92. The Bertz CT molecular complexity index is 826. The summed E-state index contributed by atoms with van der Waals surface area (Å²) >= 11 is 0. The van der Waals surface area contributed by atoms with Gasteiger partial charge < -0.3 is 10.6 Å². The number of fused-ring (bicyclic) bond motifs is 1. The molecule has 0 aliphatic carbocycles. The van der Waals surface area contributed by atoms with E-state index in [9.17, 15) is 14.4 Å².